The van der Waals surface area contributed by atoms with Gasteiger partial charge in [0, 0.05) is 30.4 Å². The molecule has 0 saturated carbocycles. The van der Waals surface area contributed by atoms with E-state index in [4.69, 9.17) is 0 Å². The number of piperidine rings is 1. The molecule has 1 fully saturated rings. The van der Waals surface area contributed by atoms with Crippen LogP contribution >= 0.6 is 0 Å². The molecule has 5 nitrogen and oxygen atoms in total. The highest BCUT2D eigenvalue weighted by molar-refractivity contribution is 5.99. The van der Waals surface area contributed by atoms with E-state index in [1.165, 1.54) is 24.9 Å². The first-order chi connectivity index (χ1) is 11.6. The molecular weight excluding hydrogens is 300 g/mol. The Labute approximate surface area is 142 Å². The standard InChI is InChI=1S/C19H24N4O/c1-13-16(14(2)21-20-13)11-19(24)23-12-15-7-5-6-10-22(15)17-8-3-4-9-18(17)23/h3-4,8-9,15H,5-7,10-12H2,1-2H3,(H,20,21). The van der Waals surface area contributed by atoms with Gasteiger partial charge in [0.15, 0.2) is 0 Å². The average Bonchev–Trinajstić information content (AvgIpc) is 2.93. The number of aromatic amines is 1. The van der Waals surface area contributed by atoms with Crippen LogP contribution in [0.25, 0.3) is 0 Å². The molecule has 2 aliphatic rings. The summed E-state index contributed by atoms with van der Waals surface area (Å²) in [5.41, 5.74) is 5.21. The number of rotatable bonds is 2. The van der Waals surface area contributed by atoms with E-state index >= 15 is 0 Å². The molecule has 126 valence electrons. The molecule has 5 heteroatoms. The Morgan fingerprint density at radius 3 is 2.79 bits per heavy atom. The zero-order valence-corrected chi connectivity index (χ0v) is 14.4. The first-order valence-electron chi connectivity index (χ1n) is 8.81. The Kier molecular flexibility index (Phi) is 3.79. The number of anilines is 2. The van der Waals surface area contributed by atoms with Crippen LogP contribution in [0.4, 0.5) is 11.4 Å². The minimum atomic E-state index is 0.167. The third-order valence-electron chi connectivity index (χ3n) is 5.41. The summed E-state index contributed by atoms with van der Waals surface area (Å²) in [5, 5.41) is 7.20. The van der Waals surface area contributed by atoms with E-state index in [9.17, 15) is 4.79 Å². The largest absolute Gasteiger partial charge is 0.365 e. The number of nitrogens with zero attached hydrogens (tertiary/aromatic N) is 3. The zero-order chi connectivity index (χ0) is 16.7. The first kappa shape index (κ1) is 15.2. The molecule has 2 aromatic rings. The number of hydrogen-bond donors (Lipinski definition) is 1. The Balaban J connectivity index is 1.66. The monoisotopic (exact) mass is 324 g/mol. The van der Waals surface area contributed by atoms with E-state index in [-0.39, 0.29) is 5.91 Å². The molecule has 4 rings (SSSR count). The van der Waals surface area contributed by atoms with Gasteiger partial charge in [-0.3, -0.25) is 9.89 Å². The molecular formula is C19H24N4O. The van der Waals surface area contributed by atoms with Crippen LogP contribution in [0, 0.1) is 13.8 Å². The molecule has 0 bridgehead atoms. The Bertz CT molecular complexity index is 747. The van der Waals surface area contributed by atoms with Crippen molar-refractivity contribution < 1.29 is 4.79 Å². The van der Waals surface area contributed by atoms with Gasteiger partial charge in [0.2, 0.25) is 5.91 Å². The molecule has 0 radical (unpaired) electrons. The van der Waals surface area contributed by atoms with Gasteiger partial charge in [-0.2, -0.15) is 5.10 Å². The maximum Gasteiger partial charge on any atom is 0.231 e. The fraction of sp³-hybridized carbons (Fsp3) is 0.474. The second-order valence-electron chi connectivity index (χ2n) is 6.93. The number of aryl methyl sites for hydroxylation is 2. The average molecular weight is 324 g/mol. The number of amides is 1. The summed E-state index contributed by atoms with van der Waals surface area (Å²) < 4.78 is 0. The van der Waals surface area contributed by atoms with E-state index in [1.54, 1.807) is 0 Å². The number of benzene rings is 1. The second-order valence-corrected chi connectivity index (χ2v) is 6.93. The Hall–Kier alpha value is -2.30. The van der Waals surface area contributed by atoms with Crippen molar-refractivity contribution in [1.29, 1.82) is 0 Å². The summed E-state index contributed by atoms with van der Waals surface area (Å²) in [5.74, 6) is 0.167. The first-order valence-corrected chi connectivity index (χ1v) is 8.81. The molecule has 1 N–H and O–H groups in total. The molecule has 1 atom stereocenters. The smallest absolute Gasteiger partial charge is 0.231 e. The van der Waals surface area contributed by atoms with Crippen molar-refractivity contribution >= 4 is 17.3 Å². The Morgan fingerprint density at radius 1 is 1.25 bits per heavy atom. The van der Waals surface area contributed by atoms with Gasteiger partial charge in [0.1, 0.15) is 0 Å². The number of nitrogens with one attached hydrogen (secondary N) is 1. The van der Waals surface area contributed by atoms with Gasteiger partial charge in [-0.15, -0.1) is 0 Å². The third-order valence-corrected chi connectivity index (χ3v) is 5.41. The topological polar surface area (TPSA) is 52.2 Å². The second kappa shape index (κ2) is 5.96. The van der Waals surface area contributed by atoms with Crippen LogP contribution in [-0.2, 0) is 11.2 Å². The number of fused-ring (bicyclic) bond motifs is 3. The van der Waals surface area contributed by atoms with Crippen LogP contribution in [0.1, 0.15) is 36.2 Å². The number of para-hydroxylation sites is 2. The minimum absolute atomic E-state index is 0.167. The number of carbonyl (C=O) groups is 1. The molecule has 1 unspecified atom stereocenters. The number of aromatic nitrogens is 2. The van der Waals surface area contributed by atoms with Crippen molar-refractivity contribution in [3.63, 3.8) is 0 Å². The van der Waals surface area contributed by atoms with Crippen LogP contribution in [0.15, 0.2) is 24.3 Å². The van der Waals surface area contributed by atoms with Gasteiger partial charge < -0.3 is 9.80 Å². The fourth-order valence-electron chi connectivity index (χ4n) is 4.07. The van der Waals surface area contributed by atoms with E-state index in [0.29, 0.717) is 12.5 Å². The molecule has 3 heterocycles. The lowest BCUT2D eigenvalue weighted by molar-refractivity contribution is -0.118. The number of hydrogen-bond acceptors (Lipinski definition) is 3. The maximum atomic E-state index is 13.1. The summed E-state index contributed by atoms with van der Waals surface area (Å²) in [6.07, 6.45) is 4.08. The van der Waals surface area contributed by atoms with Gasteiger partial charge in [0.25, 0.3) is 0 Å². The van der Waals surface area contributed by atoms with Crippen molar-refractivity contribution in [2.24, 2.45) is 0 Å². The van der Waals surface area contributed by atoms with Crippen LogP contribution in [0.2, 0.25) is 0 Å². The molecule has 2 aliphatic heterocycles. The van der Waals surface area contributed by atoms with Gasteiger partial charge in [-0.1, -0.05) is 12.1 Å². The number of H-pyrrole nitrogens is 1. The fourth-order valence-corrected chi connectivity index (χ4v) is 4.07. The molecule has 1 saturated heterocycles. The maximum absolute atomic E-state index is 13.1. The normalized spacial score (nSPS) is 19.8. The van der Waals surface area contributed by atoms with Crippen molar-refractivity contribution in [2.45, 2.75) is 45.6 Å². The molecule has 0 spiro atoms. The predicted molar refractivity (Wildman–Crippen MR) is 95.5 cm³/mol. The van der Waals surface area contributed by atoms with Crippen LogP contribution < -0.4 is 9.80 Å². The van der Waals surface area contributed by atoms with Crippen molar-refractivity contribution in [3.8, 4) is 0 Å². The lowest BCUT2D eigenvalue weighted by Gasteiger charge is -2.46. The Morgan fingerprint density at radius 2 is 2.04 bits per heavy atom. The quantitative estimate of drug-likeness (QED) is 0.924. The summed E-state index contributed by atoms with van der Waals surface area (Å²) in [4.78, 5) is 17.6. The van der Waals surface area contributed by atoms with Crippen molar-refractivity contribution in [3.05, 3.63) is 41.2 Å². The van der Waals surface area contributed by atoms with Crippen LogP contribution in [0.5, 0.6) is 0 Å². The minimum Gasteiger partial charge on any atom is -0.365 e. The van der Waals surface area contributed by atoms with E-state index < -0.39 is 0 Å². The lowest BCUT2D eigenvalue weighted by atomic mass is 9.96. The SMILES string of the molecule is Cc1n[nH]c(C)c1CC(=O)N1CC2CCCCN2c2ccccc21. The van der Waals surface area contributed by atoms with E-state index in [2.05, 4.69) is 33.3 Å². The molecule has 0 aliphatic carbocycles. The predicted octanol–water partition coefficient (Wildman–Crippen LogP) is 2.97. The highest BCUT2D eigenvalue weighted by atomic mass is 16.2. The van der Waals surface area contributed by atoms with E-state index in [0.717, 1.165) is 35.7 Å². The van der Waals surface area contributed by atoms with Gasteiger partial charge in [-0.25, -0.2) is 0 Å². The molecule has 1 aromatic heterocycles. The summed E-state index contributed by atoms with van der Waals surface area (Å²) >= 11 is 0. The molecule has 1 amide bonds. The van der Waals surface area contributed by atoms with Crippen LogP contribution in [0.3, 0.4) is 0 Å². The van der Waals surface area contributed by atoms with Gasteiger partial charge >= 0.3 is 0 Å². The zero-order valence-electron chi connectivity index (χ0n) is 14.4. The molecule has 24 heavy (non-hydrogen) atoms. The summed E-state index contributed by atoms with van der Waals surface area (Å²) in [7, 11) is 0. The van der Waals surface area contributed by atoms with Crippen LogP contribution in [-0.4, -0.2) is 35.2 Å². The van der Waals surface area contributed by atoms with E-state index in [1.807, 2.05) is 24.8 Å². The molecule has 1 aromatic carbocycles. The summed E-state index contributed by atoms with van der Waals surface area (Å²) in [6.45, 7) is 5.84. The van der Waals surface area contributed by atoms with Gasteiger partial charge in [-0.05, 0) is 45.2 Å². The third kappa shape index (κ3) is 2.48. The highest BCUT2D eigenvalue weighted by Crippen LogP contribution is 2.38. The van der Waals surface area contributed by atoms with Crippen molar-refractivity contribution in [2.75, 3.05) is 22.9 Å². The van der Waals surface area contributed by atoms with Gasteiger partial charge in [0.05, 0.1) is 23.5 Å². The van der Waals surface area contributed by atoms with Crippen molar-refractivity contribution in [1.82, 2.24) is 10.2 Å². The lowest BCUT2D eigenvalue weighted by Crippen LogP contribution is -2.53. The highest BCUT2D eigenvalue weighted by Gasteiger charge is 2.34. The number of carbonyl (C=O) groups excluding carboxylic acids is 1. The summed E-state index contributed by atoms with van der Waals surface area (Å²) in [6, 6.07) is 8.78.